The molecule has 0 radical (unpaired) electrons. The van der Waals surface area contributed by atoms with Gasteiger partial charge < -0.3 is 9.88 Å². The maximum absolute atomic E-state index is 12.1. The highest BCUT2D eigenvalue weighted by Crippen LogP contribution is 2.27. The van der Waals surface area contributed by atoms with E-state index in [0.29, 0.717) is 0 Å². The van der Waals surface area contributed by atoms with Crippen molar-refractivity contribution in [3.8, 4) is 0 Å². The molecule has 1 N–H and O–H groups in total. The van der Waals surface area contributed by atoms with E-state index in [1.807, 2.05) is 61.1 Å². The number of carbonyl (C=O) groups is 1. The summed E-state index contributed by atoms with van der Waals surface area (Å²) in [6.45, 7) is 1.99. The van der Waals surface area contributed by atoms with Crippen LogP contribution in [0.25, 0.3) is 0 Å². The molecule has 0 saturated carbocycles. The van der Waals surface area contributed by atoms with Crippen LogP contribution in [0, 0.1) is 6.92 Å². The summed E-state index contributed by atoms with van der Waals surface area (Å²) in [5.74, 6) is -0.0670. The van der Waals surface area contributed by atoms with E-state index < -0.39 is 0 Å². The van der Waals surface area contributed by atoms with Crippen molar-refractivity contribution < 1.29 is 4.79 Å². The predicted molar refractivity (Wildman–Crippen MR) is 90.8 cm³/mol. The van der Waals surface area contributed by atoms with Crippen LogP contribution in [-0.4, -0.2) is 15.5 Å². The zero-order valence-electron chi connectivity index (χ0n) is 12.2. The third-order valence-electron chi connectivity index (χ3n) is 3.06. The molecule has 6 heteroatoms. The van der Waals surface area contributed by atoms with Gasteiger partial charge in [-0.05, 0) is 43.3 Å². The number of hydrogen-bond donors (Lipinski definition) is 1. The molecule has 22 heavy (non-hydrogen) atoms. The molecule has 0 aliphatic carbocycles. The first-order valence-corrected chi connectivity index (χ1v) is 8.38. The molecule has 4 nitrogen and oxygen atoms in total. The van der Waals surface area contributed by atoms with Crippen LogP contribution in [0.3, 0.4) is 0 Å². The third-order valence-corrected chi connectivity index (χ3v) is 5.15. The van der Waals surface area contributed by atoms with Crippen molar-refractivity contribution in [1.82, 2.24) is 9.55 Å². The summed E-state index contributed by atoms with van der Waals surface area (Å²) < 4.78 is 1.97. The second kappa shape index (κ2) is 6.37. The Kier molecular flexibility index (Phi) is 4.31. The van der Waals surface area contributed by atoms with Crippen molar-refractivity contribution in [2.24, 2.45) is 7.05 Å². The van der Waals surface area contributed by atoms with E-state index >= 15 is 0 Å². The van der Waals surface area contributed by atoms with Crippen molar-refractivity contribution in [3.05, 3.63) is 58.5 Å². The fourth-order valence-corrected chi connectivity index (χ4v) is 3.48. The predicted octanol–water partition coefficient (Wildman–Crippen LogP) is 4.19. The van der Waals surface area contributed by atoms with Gasteiger partial charge in [-0.3, -0.25) is 4.79 Å². The van der Waals surface area contributed by atoms with Gasteiger partial charge in [0.15, 0.2) is 5.16 Å². The van der Waals surface area contributed by atoms with E-state index in [9.17, 15) is 4.79 Å². The van der Waals surface area contributed by atoms with Crippen LogP contribution in [0.2, 0.25) is 0 Å². The van der Waals surface area contributed by atoms with Crippen molar-refractivity contribution in [1.29, 1.82) is 0 Å². The number of thiophene rings is 1. The lowest BCUT2D eigenvalue weighted by Crippen LogP contribution is -2.09. The summed E-state index contributed by atoms with van der Waals surface area (Å²) in [6.07, 6.45) is 3.69. The van der Waals surface area contributed by atoms with Crippen LogP contribution in [-0.2, 0) is 7.05 Å². The number of aryl methyl sites for hydroxylation is 2. The van der Waals surface area contributed by atoms with Crippen LogP contribution < -0.4 is 5.32 Å². The van der Waals surface area contributed by atoms with Crippen LogP contribution in [0.4, 0.5) is 5.69 Å². The molecule has 0 saturated heterocycles. The number of benzene rings is 1. The van der Waals surface area contributed by atoms with E-state index in [-0.39, 0.29) is 5.91 Å². The monoisotopic (exact) mass is 329 g/mol. The SMILES string of the molecule is Cc1ccc(C(=O)Nc2ccc(Sc3nccn3C)cc2)s1. The Morgan fingerprint density at radius 2 is 2.00 bits per heavy atom. The highest BCUT2D eigenvalue weighted by molar-refractivity contribution is 7.99. The van der Waals surface area contributed by atoms with Crippen molar-refractivity contribution in [3.63, 3.8) is 0 Å². The second-order valence-electron chi connectivity index (χ2n) is 4.81. The average Bonchev–Trinajstić information content (AvgIpc) is 3.10. The standard InChI is InChI=1S/C16H15N3OS2/c1-11-3-8-14(21-11)15(20)18-12-4-6-13(7-5-12)22-16-17-9-10-19(16)2/h3-10H,1-2H3,(H,18,20). The summed E-state index contributed by atoms with van der Waals surface area (Å²) >= 11 is 3.08. The molecule has 3 aromatic rings. The first kappa shape index (κ1) is 14.9. The van der Waals surface area contributed by atoms with E-state index in [1.54, 1.807) is 18.0 Å². The molecule has 2 aromatic heterocycles. The molecule has 0 aliphatic heterocycles. The Labute approximate surface area is 137 Å². The van der Waals surface area contributed by atoms with Crippen LogP contribution >= 0.6 is 23.1 Å². The van der Waals surface area contributed by atoms with Gasteiger partial charge in [-0.15, -0.1) is 11.3 Å². The molecule has 3 rings (SSSR count). The van der Waals surface area contributed by atoms with Gasteiger partial charge in [-0.2, -0.15) is 0 Å². The van der Waals surface area contributed by atoms with E-state index in [4.69, 9.17) is 0 Å². The molecule has 0 spiro atoms. The minimum atomic E-state index is -0.0670. The van der Waals surface area contributed by atoms with Crippen molar-refractivity contribution >= 4 is 34.7 Å². The first-order valence-electron chi connectivity index (χ1n) is 6.75. The molecule has 1 amide bonds. The summed E-state index contributed by atoms with van der Waals surface area (Å²) in [5.41, 5.74) is 0.792. The van der Waals surface area contributed by atoms with Crippen LogP contribution in [0.1, 0.15) is 14.5 Å². The lowest BCUT2D eigenvalue weighted by Gasteiger charge is -2.05. The van der Waals surface area contributed by atoms with Gasteiger partial charge in [0.2, 0.25) is 0 Å². The maximum Gasteiger partial charge on any atom is 0.265 e. The van der Waals surface area contributed by atoms with E-state index in [1.165, 1.54) is 11.3 Å². The Morgan fingerprint density at radius 3 is 2.59 bits per heavy atom. The third kappa shape index (κ3) is 3.40. The van der Waals surface area contributed by atoms with Gasteiger partial charge >= 0.3 is 0 Å². The number of carbonyl (C=O) groups excluding carboxylic acids is 1. The average molecular weight is 329 g/mol. The lowest BCUT2D eigenvalue weighted by atomic mass is 10.3. The van der Waals surface area contributed by atoms with Gasteiger partial charge in [-0.1, -0.05) is 11.8 Å². The molecule has 0 fully saturated rings. The molecule has 0 unspecified atom stereocenters. The first-order chi connectivity index (χ1) is 10.6. The van der Waals surface area contributed by atoms with Crippen LogP contribution in [0.15, 0.2) is 58.8 Å². The van der Waals surface area contributed by atoms with Crippen molar-refractivity contribution in [2.75, 3.05) is 5.32 Å². The highest BCUT2D eigenvalue weighted by Gasteiger charge is 2.08. The number of nitrogens with zero attached hydrogens (tertiary/aromatic N) is 2. The molecule has 2 heterocycles. The molecule has 1 aromatic carbocycles. The highest BCUT2D eigenvalue weighted by atomic mass is 32.2. The largest absolute Gasteiger partial charge is 0.329 e. The zero-order chi connectivity index (χ0) is 15.5. The fourth-order valence-electron chi connectivity index (χ4n) is 1.91. The molecule has 0 bridgehead atoms. The Morgan fingerprint density at radius 1 is 1.23 bits per heavy atom. The number of hydrogen-bond acceptors (Lipinski definition) is 4. The molecular weight excluding hydrogens is 314 g/mol. The maximum atomic E-state index is 12.1. The van der Waals surface area contributed by atoms with E-state index in [2.05, 4.69) is 10.3 Å². The number of aromatic nitrogens is 2. The van der Waals surface area contributed by atoms with E-state index in [0.717, 1.165) is 25.5 Å². The molecule has 0 aliphatic rings. The Hall–Kier alpha value is -2.05. The minimum absolute atomic E-state index is 0.0670. The van der Waals surface area contributed by atoms with Crippen molar-refractivity contribution in [2.45, 2.75) is 17.0 Å². The minimum Gasteiger partial charge on any atom is -0.329 e. The number of amides is 1. The summed E-state index contributed by atoms with van der Waals surface area (Å²) in [5, 5.41) is 3.85. The fraction of sp³-hybridized carbons (Fsp3) is 0.125. The normalized spacial score (nSPS) is 10.6. The van der Waals surface area contributed by atoms with Gasteiger partial charge in [0.05, 0.1) is 4.88 Å². The Balaban J connectivity index is 1.66. The quantitative estimate of drug-likeness (QED) is 0.780. The number of anilines is 1. The zero-order valence-corrected chi connectivity index (χ0v) is 13.9. The Bertz CT molecular complexity index is 790. The van der Waals surface area contributed by atoms with Gasteiger partial charge in [0.1, 0.15) is 0 Å². The topological polar surface area (TPSA) is 46.9 Å². The van der Waals surface area contributed by atoms with Crippen LogP contribution in [0.5, 0.6) is 0 Å². The number of rotatable bonds is 4. The molecule has 112 valence electrons. The summed E-state index contributed by atoms with van der Waals surface area (Å²) in [4.78, 5) is 19.3. The number of nitrogens with one attached hydrogen (secondary N) is 1. The summed E-state index contributed by atoms with van der Waals surface area (Å²) in [7, 11) is 1.97. The molecular formula is C16H15N3OS2. The lowest BCUT2D eigenvalue weighted by molar-refractivity contribution is 0.103. The van der Waals surface area contributed by atoms with Gasteiger partial charge in [0, 0.05) is 34.9 Å². The number of imidazole rings is 1. The smallest absolute Gasteiger partial charge is 0.265 e. The molecule has 0 atom stereocenters. The second-order valence-corrected chi connectivity index (χ2v) is 7.14. The van der Waals surface area contributed by atoms with Gasteiger partial charge in [-0.25, -0.2) is 4.98 Å². The summed E-state index contributed by atoms with van der Waals surface area (Å²) in [6, 6.07) is 11.6. The van der Waals surface area contributed by atoms with Gasteiger partial charge in [0.25, 0.3) is 5.91 Å².